The fraction of sp³-hybridized carbons (Fsp3) is 0.654. The molecule has 2 heterocycles. The minimum atomic E-state index is -0.382. The largest absolute Gasteiger partial charge is 0.472 e. The standard InChI is InChI=1S/C26H39N5O4/c1-18-15-31(19(2)17-32)25(33)22-13-20(9-8-12-29(3)4)14-27-24(22)35-23(18)16-30(5)26(34)28-21-10-6-7-11-21/h13-14,18-19,21,23,32H,6-7,10-12,15-17H2,1-5H3,(H,28,34)/t18-,19-,23+/m1/s1. The lowest BCUT2D eigenvalue weighted by atomic mass is 10.00. The summed E-state index contributed by atoms with van der Waals surface area (Å²) in [4.78, 5) is 35.9. The van der Waals surface area contributed by atoms with E-state index in [1.807, 2.05) is 32.8 Å². The van der Waals surface area contributed by atoms with Gasteiger partial charge < -0.3 is 25.0 Å². The first kappa shape index (κ1) is 26.8. The summed E-state index contributed by atoms with van der Waals surface area (Å²) in [5.41, 5.74) is 0.939. The average Bonchev–Trinajstić information content (AvgIpc) is 3.33. The number of rotatable bonds is 6. The number of urea groups is 1. The summed E-state index contributed by atoms with van der Waals surface area (Å²) >= 11 is 0. The zero-order chi connectivity index (χ0) is 25.5. The third-order valence-corrected chi connectivity index (χ3v) is 6.63. The zero-order valence-electron chi connectivity index (χ0n) is 21.6. The molecule has 1 saturated carbocycles. The van der Waals surface area contributed by atoms with E-state index < -0.39 is 0 Å². The van der Waals surface area contributed by atoms with Crippen molar-refractivity contribution < 1.29 is 19.4 Å². The molecule has 2 aliphatic rings. The van der Waals surface area contributed by atoms with E-state index in [0.717, 1.165) is 25.7 Å². The summed E-state index contributed by atoms with van der Waals surface area (Å²) < 4.78 is 6.27. The summed E-state index contributed by atoms with van der Waals surface area (Å²) in [7, 11) is 5.63. The Kier molecular flexibility index (Phi) is 9.35. The van der Waals surface area contributed by atoms with Crippen LogP contribution in [0.25, 0.3) is 0 Å². The predicted octanol–water partition coefficient (Wildman–Crippen LogP) is 1.80. The number of aliphatic hydroxyl groups is 1. The summed E-state index contributed by atoms with van der Waals surface area (Å²) in [6.07, 6.45) is 5.55. The van der Waals surface area contributed by atoms with Gasteiger partial charge in [-0.05, 0) is 39.9 Å². The van der Waals surface area contributed by atoms with Gasteiger partial charge in [0.2, 0.25) is 5.88 Å². The van der Waals surface area contributed by atoms with Crippen molar-refractivity contribution in [2.75, 3.05) is 47.4 Å². The first-order valence-electron chi connectivity index (χ1n) is 12.4. The SMILES string of the molecule is C[C@@H]1CN([C@H](C)CO)C(=O)c2cc(C#CCN(C)C)cnc2O[C@H]1CN(C)C(=O)NC1CCCC1. The minimum Gasteiger partial charge on any atom is -0.472 e. The van der Waals surface area contributed by atoms with E-state index in [-0.39, 0.29) is 48.5 Å². The number of likely N-dealkylation sites (N-methyl/N-ethyl adjacent to an activating group) is 1. The second-order valence-corrected chi connectivity index (χ2v) is 10.1. The number of nitrogens with zero attached hydrogens (tertiary/aromatic N) is 4. The van der Waals surface area contributed by atoms with Crippen LogP contribution >= 0.6 is 0 Å². The van der Waals surface area contributed by atoms with Crippen LogP contribution in [0.15, 0.2) is 12.3 Å². The van der Waals surface area contributed by atoms with Crippen molar-refractivity contribution >= 4 is 11.9 Å². The molecule has 0 saturated heterocycles. The highest BCUT2D eigenvalue weighted by Crippen LogP contribution is 2.27. The quantitative estimate of drug-likeness (QED) is 0.597. The lowest BCUT2D eigenvalue weighted by Crippen LogP contribution is -2.52. The van der Waals surface area contributed by atoms with Gasteiger partial charge in [0, 0.05) is 37.3 Å². The molecule has 192 valence electrons. The Bertz CT molecular complexity index is 951. The van der Waals surface area contributed by atoms with Crippen molar-refractivity contribution in [3.63, 3.8) is 0 Å². The van der Waals surface area contributed by atoms with Crippen molar-refractivity contribution in [2.45, 2.75) is 57.7 Å². The van der Waals surface area contributed by atoms with Crippen LogP contribution in [0, 0.1) is 17.8 Å². The molecule has 35 heavy (non-hydrogen) atoms. The van der Waals surface area contributed by atoms with Crippen LogP contribution in [0.1, 0.15) is 55.5 Å². The molecular weight excluding hydrogens is 446 g/mol. The van der Waals surface area contributed by atoms with Crippen LogP contribution in [0.2, 0.25) is 0 Å². The molecule has 1 aliphatic carbocycles. The molecule has 0 aromatic carbocycles. The molecule has 1 aliphatic heterocycles. The molecule has 1 fully saturated rings. The summed E-state index contributed by atoms with van der Waals surface area (Å²) in [6.45, 7) is 4.98. The first-order valence-corrected chi connectivity index (χ1v) is 12.4. The maximum absolute atomic E-state index is 13.5. The minimum absolute atomic E-state index is 0.0933. The molecule has 3 amide bonds. The van der Waals surface area contributed by atoms with Gasteiger partial charge in [0.15, 0.2) is 0 Å². The molecule has 0 radical (unpaired) electrons. The molecule has 0 unspecified atom stereocenters. The number of carbonyl (C=O) groups excluding carboxylic acids is 2. The molecule has 1 aromatic rings. The highest BCUT2D eigenvalue weighted by atomic mass is 16.5. The van der Waals surface area contributed by atoms with Gasteiger partial charge in [-0.25, -0.2) is 9.78 Å². The Morgan fingerprint density at radius 1 is 1.34 bits per heavy atom. The fourth-order valence-corrected chi connectivity index (χ4v) is 4.40. The third kappa shape index (κ3) is 7.09. The van der Waals surface area contributed by atoms with Crippen LogP contribution in [-0.2, 0) is 0 Å². The number of hydrogen-bond acceptors (Lipinski definition) is 6. The first-order chi connectivity index (χ1) is 16.7. The Balaban J connectivity index is 1.85. The van der Waals surface area contributed by atoms with Gasteiger partial charge in [0.05, 0.1) is 25.7 Å². The molecular formula is C26H39N5O4. The number of aliphatic hydroxyl groups excluding tert-OH is 1. The van der Waals surface area contributed by atoms with Crippen LogP contribution in [0.4, 0.5) is 4.79 Å². The monoisotopic (exact) mass is 485 g/mol. The van der Waals surface area contributed by atoms with Gasteiger partial charge >= 0.3 is 6.03 Å². The zero-order valence-corrected chi connectivity index (χ0v) is 21.6. The van der Waals surface area contributed by atoms with Gasteiger partial charge in [-0.2, -0.15) is 0 Å². The lowest BCUT2D eigenvalue weighted by Gasteiger charge is -2.37. The van der Waals surface area contributed by atoms with Crippen molar-refractivity contribution in [1.82, 2.24) is 25.0 Å². The molecule has 2 N–H and O–H groups in total. The van der Waals surface area contributed by atoms with E-state index in [4.69, 9.17) is 4.74 Å². The van der Waals surface area contributed by atoms with E-state index in [0.29, 0.717) is 30.8 Å². The third-order valence-electron chi connectivity index (χ3n) is 6.63. The average molecular weight is 486 g/mol. The van der Waals surface area contributed by atoms with Crippen LogP contribution < -0.4 is 10.1 Å². The lowest BCUT2D eigenvalue weighted by molar-refractivity contribution is 0.0351. The van der Waals surface area contributed by atoms with Crippen LogP contribution in [0.5, 0.6) is 5.88 Å². The molecule has 3 atom stereocenters. The summed E-state index contributed by atoms with van der Waals surface area (Å²) in [5.74, 6) is 6.00. The van der Waals surface area contributed by atoms with Crippen LogP contribution in [-0.4, -0.2) is 102 Å². The normalized spacial score (nSPS) is 21.3. The Hall–Kier alpha value is -2.83. The van der Waals surface area contributed by atoms with Crippen molar-refractivity contribution in [2.24, 2.45) is 5.92 Å². The number of fused-ring (bicyclic) bond motifs is 1. The van der Waals surface area contributed by atoms with E-state index in [1.54, 1.807) is 29.1 Å². The topological polar surface area (TPSA) is 98.2 Å². The number of aromatic nitrogens is 1. The second-order valence-electron chi connectivity index (χ2n) is 10.1. The maximum atomic E-state index is 13.5. The highest BCUT2D eigenvalue weighted by Gasteiger charge is 2.35. The van der Waals surface area contributed by atoms with Crippen molar-refractivity contribution in [3.8, 4) is 17.7 Å². The molecule has 3 rings (SSSR count). The predicted molar refractivity (Wildman–Crippen MR) is 134 cm³/mol. The molecule has 9 nitrogen and oxygen atoms in total. The Labute approximate surface area is 208 Å². The number of carbonyl (C=O) groups is 2. The number of hydrogen-bond donors (Lipinski definition) is 2. The number of nitrogens with one attached hydrogen (secondary N) is 1. The van der Waals surface area contributed by atoms with Gasteiger partial charge in [0.25, 0.3) is 5.91 Å². The van der Waals surface area contributed by atoms with Gasteiger partial charge in [-0.3, -0.25) is 9.69 Å². The van der Waals surface area contributed by atoms with E-state index in [1.165, 1.54) is 0 Å². The van der Waals surface area contributed by atoms with Crippen LogP contribution in [0.3, 0.4) is 0 Å². The Morgan fingerprint density at radius 3 is 2.71 bits per heavy atom. The summed E-state index contributed by atoms with van der Waals surface area (Å²) in [6, 6.07) is 1.44. The highest BCUT2D eigenvalue weighted by molar-refractivity contribution is 5.97. The molecule has 0 bridgehead atoms. The summed E-state index contributed by atoms with van der Waals surface area (Å²) in [5, 5.41) is 12.9. The number of pyridine rings is 1. The molecule has 1 aromatic heterocycles. The van der Waals surface area contributed by atoms with E-state index >= 15 is 0 Å². The number of amides is 3. The van der Waals surface area contributed by atoms with Gasteiger partial charge in [0.1, 0.15) is 11.7 Å². The van der Waals surface area contributed by atoms with Gasteiger partial charge in [-0.15, -0.1) is 0 Å². The Morgan fingerprint density at radius 2 is 2.06 bits per heavy atom. The van der Waals surface area contributed by atoms with Crippen molar-refractivity contribution in [1.29, 1.82) is 0 Å². The number of ether oxygens (including phenoxy) is 1. The molecule has 9 heteroatoms. The maximum Gasteiger partial charge on any atom is 0.317 e. The second kappa shape index (κ2) is 12.2. The molecule has 0 spiro atoms. The van der Waals surface area contributed by atoms with E-state index in [2.05, 4.69) is 22.1 Å². The van der Waals surface area contributed by atoms with Gasteiger partial charge in [-0.1, -0.05) is 31.6 Å². The fourth-order valence-electron chi connectivity index (χ4n) is 4.40. The van der Waals surface area contributed by atoms with E-state index in [9.17, 15) is 14.7 Å². The van der Waals surface area contributed by atoms with Crippen molar-refractivity contribution in [3.05, 3.63) is 23.4 Å². The smallest absolute Gasteiger partial charge is 0.317 e.